The predicted octanol–water partition coefficient (Wildman–Crippen LogP) is 2.46. The van der Waals surface area contributed by atoms with Crippen LogP contribution in [-0.4, -0.2) is 16.3 Å². The number of alkyl halides is 3. The smallest absolute Gasteiger partial charge is 0.439 e. The van der Waals surface area contributed by atoms with Gasteiger partial charge in [-0.2, -0.15) is 0 Å². The Morgan fingerprint density at radius 1 is 1.11 bits per heavy atom. The zero-order valence-electron chi connectivity index (χ0n) is 9.27. The summed E-state index contributed by atoms with van der Waals surface area (Å²) in [7, 11) is 0. The van der Waals surface area contributed by atoms with Crippen molar-refractivity contribution in [1.29, 1.82) is 0 Å². The Kier molecular flexibility index (Phi) is 3.41. The molecule has 19 heavy (non-hydrogen) atoms. The number of hydrogen-bond acceptors (Lipinski definition) is 4. The van der Waals surface area contributed by atoms with Gasteiger partial charge in [-0.05, 0) is 24.3 Å². The van der Waals surface area contributed by atoms with Crippen molar-refractivity contribution in [1.82, 2.24) is 9.97 Å². The monoisotopic (exact) mass is 272 g/mol. The van der Waals surface area contributed by atoms with Crippen LogP contribution in [0.2, 0.25) is 0 Å². The Morgan fingerprint density at radius 2 is 1.74 bits per heavy atom. The highest BCUT2D eigenvalue weighted by Gasteiger charge is 2.30. The Bertz CT molecular complexity index is 608. The summed E-state index contributed by atoms with van der Waals surface area (Å²) in [6.07, 6.45) is -3.59. The molecule has 1 N–H and O–H groups in total. The Morgan fingerprint density at radius 3 is 2.32 bits per heavy atom. The van der Waals surface area contributed by atoms with Gasteiger partial charge in [-0.25, -0.2) is 4.98 Å². The third kappa shape index (κ3) is 4.02. The van der Waals surface area contributed by atoms with Crippen molar-refractivity contribution in [3.63, 3.8) is 0 Å². The SMILES string of the molecule is O=c1cc(Oc2ccc(OC(F)(F)F)cc2)nc[nH]1. The van der Waals surface area contributed by atoms with Gasteiger partial charge in [0.25, 0.3) is 5.56 Å². The fourth-order valence-corrected chi connectivity index (χ4v) is 1.24. The van der Waals surface area contributed by atoms with Crippen molar-refractivity contribution in [2.75, 3.05) is 0 Å². The van der Waals surface area contributed by atoms with Crippen molar-refractivity contribution in [3.05, 3.63) is 47.0 Å². The maximum absolute atomic E-state index is 11.9. The molecule has 0 aliphatic carbocycles. The standard InChI is InChI=1S/C11H7F3N2O3/c12-11(13,14)19-8-3-1-7(2-4-8)18-10-5-9(17)15-6-16-10/h1-6H,(H,15,16,17). The predicted molar refractivity (Wildman–Crippen MR) is 58.1 cm³/mol. The third-order valence-electron chi connectivity index (χ3n) is 1.93. The van der Waals surface area contributed by atoms with Crippen molar-refractivity contribution in [2.24, 2.45) is 0 Å². The topological polar surface area (TPSA) is 64.2 Å². The van der Waals surface area contributed by atoms with Crippen molar-refractivity contribution in [2.45, 2.75) is 6.36 Å². The largest absolute Gasteiger partial charge is 0.573 e. The van der Waals surface area contributed by atoms with Crippen LogP contribution >= 0.6 is 0 Å². The number of aromatic amines is 1. The molecule has 1 heterocycles. The summed E-state index contributed by atoms with van der Waals surface area (Å²) < 4.78 is 44.7. The van der Waals surface area contributed by atoms with E-state index in [1.54, 1.807) is 0 Å². The van der Waals surface area contributed by atoms with E-state index in [4.69, 9.17) is 4.74 Å². The van der Waals surface area contributed by atoms with Crippen LogP contribution in [0.15, 0.2) is 41.5 Å². The zero-order chi connectivity index (χ0) is 13.9. The lowest BCUT2D eigenvalue weighted by molar-refractivity contribution is -0.274. The summed E-state index contributed by atoms with van der Waals surface area (Å²) in [6, 6.07) is 5.83. The number of ether oxygens (including phenoxy) is 2. The third-order valence-corrected chi connectivity index (χ3v) is 1.93. The summed E-state index contributed by atoms with van der Waals surface area (Å²) in [5.74, 6) is -0.0976. The molecular weight excluding hydrogens is 265 g/mol. The molecule has 1 aromatic heterocycles. The van der Waals surface area contributed by atoms with Crippen LogP contribution in [0.1, 0.15) is 0 Å². The summed E-state index contributed by atoms with van der Waals surface area (Å²) in [5, 5.41) is 0. The quantitative estimate of drug-likeness (QED) is 0.932. The van der Waals surface area contributed by atoms with Gasteiger partial charge in [0, 0.05) is 0 Å². The highest BCUT2D eigenvalue weighted by Crippen LogP contribution is 2.26. The normalized spacial score (nSPS) is 11.1. The first kappa shape index (κ1) is 12.9. The molecule has 0 saturated heterocycles. The minimum atomic E-state index is -4.74. The highest BCUT2D eigenvalue weighted by molar-refractivity contribution is 5.33. The van der Waals surface area contributed by atoms with E-state index in [0.29, 0.717) is 0 Å². The Labute approximate surface area is 104 Å². The van der Waals surface area contributed by atoms with Gasteiger partial charge in [0.15, 0.2) is 0 Å². The second kappa shape index (κ2) is 5.01. The maximum Gasteiger partial charge on any atom is 0.573 e. The molecule has 8 heteroatoms. The van der Waals surface area contributed by atoms with Crippen LogP contribution in [0.3, 0.4) is 0 Å². The Balaban J connectivity index is 2.09. The van der Waals surface area contributed by atoms with Crippen LogP contribution in [0.4, 0.5) is 13.2 Å². The molecule has 0 aliphatic heterocycles. The Hall–Kier alpha value is -2.51. The zero-order valence-corrected chi connectivity index (χ0v) is 9.27. The first-order chi connectivity index (χ1) is 8.92. The lowest BCUT2D eigenvalue weighted by atomic mass is 10.3. The fraction of sp³-hybridized carbons (Fsp3) is 0.0909. The van der Waals surface area contributed by atoms with Gasteiger partial charge in [-0.1, -0.05) is 0 Å². The second-order valence-electron chi connectivity index (χ2n) is 3.37. The first-order valence-corrected chi connectivity index (χ1v) is 5.01. The molecule has 0 amide bonds. The molecule has 0 saturated carbocycles. The molecule has 0 unspecified atom stereocenters. The molecule has 2 rings (SSSR count). The molecule has 1 aromatic carbocycles. The van der Waals surface area contributed by atoms with Gasteiger partial charge < -0.3 is 14.5 Å². The molecule has 0 aliphatic rings. The lowest BCUT2D eigenvalue weighted by Crippen LogP contribution is -2.16. The number of nitrogens with zero attached hydrogens (tertiary/aromatic N) is 1. The van der Waals surface area contributed by atoms with Crippen molar-refractivity contribution in [3.8, 4) is 17.4 Å². The molecular formula is C11H7F3N2O3. The molecule has 0 fully saturated rings. The summed E-state index contributed by atoms with van der Waals surface area (Å²) in [4.78, 5) is 17.0. The van der Waals surface area contributed by atoms with E-state index >= 15 is 0 Å². The average molecular weight is 272 g/mol. The molecule has 0 atom stereocenters. The van der Waals surface area contributed by atoms with E-state index in [1.165, 1.54) is 12.1 Å². The van der Waals surface area contributed by atoms with Crippen LogP contribution in [0.25, 0.3) is 0 Å². The van der Waals surface area contributed by atoms with E-state index in [9.17, 15) is 18.0 Å². The number of rotatable bonds is 3. The van der Waals surface area contributed by atoms with Crippen LogP contribution < -0.4 is 15.0 Å². The fourth-order valence-electron chi connectivity index (χ4n) is 1.24. The molecule has 100 valence electrons. The highest BCUT2D eigenvalue weighted by atomic mass is 19.4. The van der Waals surface area contributed by atoms with Gasteiger partial charge in [0.2, 0.25) is 5.88 Å². The first-order valence-electron chi connectivity index (χ1n) is 5.01. The minimum absolute atomic E-state index is 0.0354. The van der Waals surface area contributed by atoms with E-state index in [-0.39, 0.29) is 17.4 Å². The van der Waals surface area contributed by atoms with Crippen LogP contribution in [-0.2, 0) is 0 Å². The molecule has 0 bridgehead atoms. The number of hydrogen-bond donors (Lipinski definition) is 1. The van der Waals surface area contributed by atoms with E-state index < -0.39 is 11.9 Å². The molecule has 5 nitrogen and oxygen atoms in total. The van der Waals surface area contributed by atoms with Crippen molar-refractivity contribution >= 4 is 0 Å². The van der Waals surface area contributed by atoms with E-state index in [0.717, 1.165) is 24.5 Å². The molecule has 2 aromatic rings. The van der Waals surface area contributed by atoms with Gasteiger partial charge in [-0.15, -0.1) is 13.2 Å². The minimum Gasteiger partial charge on any atom is -0.439 e. The van der Waals surface area contributed by atoms with Crippen LogP contribution in [0.5, 0.6) is 17.4 Å². The molecule has 0 radical (unpaired) electrons. The van der Waals surface area contributed by atoms with Crippen molar-refractivity contribution < 1.29 is 22.6 Å². The second-order valence-corrected chi connectivity index (χ2v) is 3.37. The van der Waals surface area contributed by atoms with Gasteiger partial charge in [0.05, 0.1) is 12.4 Å². The summed E-state index contributed by atoms with van der Waals surface area (Å²) >= 11 is 0. The maximum atomic E-state index is 11.9. The van der Waals surface area contributed by atoms with Crippen LogP contribution in [0, 0.1) is 0 Å². The van der Waals surface area contributed by atoms with Gasteiger partial charge >= 0.3 is 6.36 Å². The number of H-pyrrole nitrogens is 1. The summed E-state index contributed by atoms with van der Waals surface area (Å²) in [5.41, 5.74) is -0.401. The number of halogens is 3. The van der Waals surface area contributed by atoms with Gasteiger partial charge in [-0.3, -0.25) is 4.79 Å². The number of aromatic nitrogens is 2. The number of benzene rings is 1. The van der Waals surface area contributed by atoms with E-state index in [1.807, 2.05) is 0 Å². The lowest BCUT2D eigenvalue weighted by Gasteiger charge is -2.09. The molecule has 0 spiro atoms. The summed E-state index contributed by atoms with van der Waals surface area (Å²) in [6.45, 7) is 0. The van der Waals surface area contributed by atoms with E-state index in [2.05, 4.69) is 14.7 Å². The number of nitrogens with one attached hydrogen (secondary N) is 1. The van der Waals surface area contributed by atoms with Gasteiger partial charge in [0.1, 0.15) is 11.5 Å². The average Bonchev–Trinajstić information content (AvgIpc) is 2.30.